The first-order valence-corrected chi connectivity index (χ1v) is 17.3. The number of fused-ring (bicyclic) bond motifs is 2. The molecular formula is C46H34F2O6. The predicted molar refractivity (Wildman–Crippen MR) is 203 cm³/mol. The van der Waals surface area contributed by atoms with Crippen LogP contribution in [0.25, 0.3) is 12.2 Å². The SMILES string of the molecule is O=C1C(=Cc2cccc(OCc3ccccc3)c2)COc2ccc(F)cc21.O=C1C(=Cc2cccc(OCc3ccccc3)c2)COc2ccc(F)cc21. The zero-order valence-corrected chi connectivity index (χ0v) is 29.0. The molecule has 0 fully saturated rings. The molecule has 0 aliphatic carbocycles. The molecule has 0 N–H and O–H groups in total. The van der Waals surface area contributed by atoms with Crippen LogP contribution in [-0.2, 0) is 13.2 Å². The largest absolute Gasteiger partial charge is 0.489 e. The van der Waals surface area contributed by atoms with Gasteiger partial charge in [-0.3, -0.25) is 9.59 Å². The summed E-state index contributed by atoms with van der Waals surface area (Å²) in [5, 5.41) is 0. The summed E-state index contributed by atoms with van der Waals surface area (Å²) in [6, 6.07) is 42.7. The molecule has 8 heteroatoms. The van der Waals surface area contributed by atoms with E-state index < -0.39 is 11.6 Å². The Bertz CT molecular complexity index is 2180. The average Bonchev–Trinajstić information content (AvgIpc) is 3.20. The number of hydrogen-bond acceptors (Lipinski definition) is 6. The Morgan fingerprint density at radius 1 is 0.500 bits per heavy atom. The zero-order chi connectivity index (χ0) is 37.3. The number of rotatable bonds is 8. The van der Waals surface area contributed by atoms with Gasteiger partial charge in [0.05, 0.1) is 11.1 Å². The van der Waals surface area contributed by atoms with Gasteiger partial charge in [-0.15, -0.1) is 0 Å². The van der Waals surface area contributed by atoms with Crippen LogP contribution >= 0.6 is 0 Å². The molecule has 2 aliphatic heterocycles. The molecule has 0 amide bonds. The van der Waals surface area contributed by atoms with Crippen molar-refractivity contribution in [1.82, 2.24) is 0 Å². The van der Waals surface area contributed by atoms with Gasteiger partial charge < -0.3 is 18.9 Å². The molecule has 6 nitrogen and oxygen atoms in total. The Morgan fingerprint density at radius 2 is 0.926 bits per heavy atom. The van der Waals surface area contributed by atoms with Crippen molar-refractivity contribution < 1.29 is 37.3 Å². The van der Waals surface area contributed by atoms with E-state index in [1.165, 1.54) is 36.4 Å². The summed E-state index contributed by atoms with van der Waals surface area (Å²) in [4.78, 5) is 25.2. The molecule has 2 heterocycles. The molecule has 2 aliphatic rings. The smallest absolute Gasteiger partial charge is 0.196 e. The minimum atomic E-state index is -0.455. The summed E-state index contributed by atoms with van der Waals surface area (Å²) in [6.45, 7) is 1.25. The normalized spacial score (nSPS) is 14.6. The van der Waals surface area contributed by atoms with Crippen LogP contribution in [0.15, 0.2) is 157 Å². The van der Waals surface area contributed by atoms with Crippen LogP contribution in [0.3, 0.4) is 0 Å². The standard InChI is InChI=1S/2C23H17FO3/c2*24-19-9-10-22-21(13-19)23(25)18(15-27-22)11-17-7-4-8-20(12-17)26-14-16-5-2-1-3-6-16/h2*1-13H,14-15H2. The zero-order valence-electron chi connectivity index (χ0n) is 29.0. The number of carbonyl (C=O) groups excluding carboxylic acids is 2. The molecule has 0 atom stereocenters. The van der Waals surface area contributed by atoms with E-state index in [9.17, 15) is 18.4 Å². The Hall–Kier alpha value is -6.80. The summed E-state index contributed by atoms with van der Waals surface area (Å²) in [7, 11) is 0. The highest BCUT2D eigenvalue weighted by Crippen LogP contribution is 2.30. The second kappa shape index (κ2) is 16.7. The monoisotopic (exact) mass is 720 g/mol. The molecular weight excluding hydrogens is 686 g/mol. The molecule has 6 aromatic rings. The van der Waals surface area contributed by atoms with Crippen molar-refractivity contribution in [1.29, 1.82) is 0 Å². The molecule has 0 saturated heterocycles. The number of halogens is 2. The van der Waals surface area contributed by atoms with Crippen molar-refractivity contribution >= 4 is 23.7 Å². The van der Waals surface area contributed by atoms with E-state index in [-0.39, 0.29) is 35.9 Å². The third kappa shape index (κ3) is 8.97. The summed E-state index contributed by atoms with van der Waals surface area (Å²) >= 11 is 0. The van der Waals surface area contributed by atoms with Gasteiger partial charge in [0.2, 0.25) is 0 Å². The maximum atomic E-state index is 13.5. The van der Waals surface area contributed by atoms with Crippen LogP contribution in [0, 0.1) is 11.6 Å². The van der Waals surface area contributed by atoms with Crippen LogP contribution in [0.4, 0.5) is 8.78 Å². The van der Waals surface area contributed by atoms with Gasteiger partial charge >= 0.3 is 0 Å². The van der Waals surface area contributed by atoms with Gasteiger partial charge in [0.15, 0.2) is 11.6 Å². The lowest BCUT2D eigenvalue weighted by molar-refractivity contribution is 0.0992. The summed E-state index contributed by atoms with van der Waals surface area (Å²) in [5.41, 5.74) is 5.28. The minimum Gasteiger partial charge on any atom is -0.489 e. The van der Waals surface area contributed by atoms with E-state index >= 15 is 0 Å². The Balaban J connectivity index is 0.000000167. The second-order valence-electron chi connectivity index (χ2n) is 12.5. The van der Waals surface area contributed by atoms with Crippen molar-refractivity contribution in [3.63, 3.8) is 0 Å². The average molecular weight is 721 g/mol. The maximum absolute atomic E-state index is 13.5. The van der Waals surface area contributed by atoms with Crippen molar-refractivity contribution in [2.45, 2.75) is 13.2 Å². The van der Waals surface area contributed by atoms with Crippen molar-refractivity contribution in [2.75, 3.05) is 13.2 Å². The fourth-order valence-electron chi connectivity index (χ4n) is 5.89. The van der Waals surface area contributed by atoms with Crippen molar-refractivity contribution in [2.24, 2.45) is 0 Å². The number of Topliss-reactive ketones (excluding diaryl/α,β-unsaturated/α-hetero) is 2. The molecule has 0 spiro atoms. The van der Waals surface area contributed by atoms with Gasteiger partial charge in [-0.1, -0.05) is 84.9 Å². The van der Waals surface area contributed by atoms with Gasteiger partial charge in [-0.25, -0.2) is 8.78 Å². The molecule has 0 unspecified atom stereocenters. The topological polar surface area (TPSA) is 71.1 Å². The quantitative estimate of drug-likeness (QED) is 0.146. The number of ketones is 2. The lowest BCUT2D eigenvalue weighted by Crippen LogP contribution is -2.19. The highest BCUT2D eigenvalue weighted by molar-refractivity contribution is 6.14. The van der Waals surface area contributed by atoms with Gasteiger partial charge in [0, 0.05) is 11.1 Å². The third-order valence-electron chi connectivity index (χ3n) is 8.62. The Morgan fingerprint density at radius 3 is 1.35 bits per heavy atom. The molecule has 0 saturated carbocycles. The van der Waals surface area contributed by atoms with Crippen LogP contribution in [-0.4, -0.2) is 24.8 Å². The molecule has 0 radical (unpaired) electrons. The van der Waals surface area contributed by atoms with Gasteiger partial charge in [-0.2, -0.15) is 0 Å². The van der Waals surface area contributed by atoms with Crippen LogP contribution in [0.2, 0.25) is 0 Å². The van der Waals surface area contributed by atoms with Gasteiger partial charge in [0.1, 0.15) is 61.1 Å². The van der Waals surface area contributed by atoms with Crippen LogP contribution in [0.5, 0.6) is 23.0 Å². The second-order valence-corrected chi connectivity index (χ2v) is 12.5. The van der Waals surface area contributed by atoms with E-state index in [0.29, 0.717) is 47.4 Å². The highest BCUT2D eigenvalue weighted by Gasteiger charge is 2.25. The summed E-state index contributed by atoms with van der Waals surface area (Å²) in [5.74, 6) is 0.911. The van der Waals surface area contributed by atoms with E-state index in [4.69, 9.17) is 18.9 Å². The van der Waals surface area contributed by atoms with E-state index in [0.717, 1.165) is 22.3 Å². The maximum Gasteiger partial charge on any atom is 0.196 e. The molecule has 8 rings (SSSR count). The molecule has 54 heavy (non-hydrogen) atoms. The molecule has 0 bridgehead atoms. The Kier molecular flexibility index (Phi) is 11.0. The van der Waals surface area contributed by atoms with Crippen molar-refractivity contribution in [3.8, 4) is 23.0 Å². The van der Waals surface area contributed by atoms with Crippen molar-refractivity contribution in [3.05, 3.63) is 202 Å². The summed E-state index contributed by atoms with van der Waals surface area (Å²) in [6.07, 6.45) is 3.51. The number of benzene rings is 6. The Labute approximate surface area is 311 Å². The molecule has 0 aromatic heterocycles. The minimum absolute atomic E-state index is 0.159. The molecule has 6 aromatic carbocycles. The first kappa shape index (κ1) is 35.6. The van der Waals surface area contributed by atoms with Gasteiger partial charge in [-0.05, 0) is 95.1 Å². The number of ether oxygens (including phenoxy) is 4. The van der Waals surface area contributed by atoms with E-state index in [2.05, 4.69) is 0 Å². The number of carbonyl (C=O) groups is 2. The predicted octanol–water partition coefficient (Wildman–Crippen LogP) is 10.1. The first-order chi connectivity index (χ1) is 26.4. The lowest BCUT2D eigenvalue weighted by Gasteiger charge is -2.18. The van der Waals surface area contributed by atoms with E-state index in [1.807, 2.05) is 109 Å². The fraction of sp³-hybridized carbons (Fsp3) is 0.0870. The number of hydrogen-bond donors (Lipinski definition) is 0. The molecule has 268 valence electrons. The van der Waals surface area contributed by atoms with Gasteiger partial charge in [0.25, 0.3) is 0 Å². The summed E-state index contributed by atoms with van der Waals surface area (Å²) < 4.78 is 49.7. The highest BCUT2D eigenvalue weighted by atomic mass is 19.1. The lowest BCUT2D eigenvalue weighted by atomic mass is 9.98. The van der Waals surface area contributed by atoms with Crippen LogP contribution < -0.4 is 18.9 Å². The first-order valence-electron chi connectivity index (χ1n) is 17.3. The third-order valence-corrected chi connectivity index (χ3v) is 8.62. The fourth-order valence-corrected chi connectivity index (χ4v) is 5.89. The van der Waals surface area contributed by atoms with Crippen LogP contribution in [0.1, 0.15) is 43.0 Å². The van der Waals surface area contributed by atoms with E-state index in [1.54, 1.807) is 12.2 Å².